The Balaban J connectivity index is 1.27. The van der Waals surface area contributed by atoms with E-state index in [9.17, 15) is 22.4 Å². The predicted octanol–water partition coefficient (Wildman–Crippen LogP) is 4.56. The van der Waals surface area contributed by atoms with Crippen LogP contribution in [0.25, 0.3) is 5.57 Å². The maximum atomic E-state index is 13.9. The van der Waals surface area contributed by atoms with E-state index in [0.29, 0.717) is 23.4 Å². The Morgan fingerprint density at radius 2 is 2.00 bits per heavy atom. The molecule has 0 bridgehead atoms. The van der Waals surface area contributed by atoms with Crippen molar-refractivity contribution in [3.05, 3.63) is 65.2 Å². The molecule has 9 heteroatoms. The molecule has 37 heavy (non-hydrogen) atoms. The molecule has 2 N–H and O–H groups in total. The molecule has 1 aromatic carbocycles. The summed E-state index contributed by atoms with van der Waals surface area (Å²) < 4.78 is 39.4. The highest BCUT2D eigenvalue weighted by Crippen LogP contribution is 2.63. The highest BCUT2D eigenvalue weighted by atomic mass is 32.2. The lowest BCUT2D eigenvalue weighted by Crippen LogP contribution is -2.40. The summed E-state index contributed by atoms with van der Waals surface area (Å²) >= 11 is 0. The van der Waals surface area contributed by atoms with Crippen LogP contribution in [0.3, 0.4) is 0 Å². The number of allylic oxidation sites excluding steroid dienone is 2. The third-order valence-corrected chi connectivity index (χ3v) is 9.84. The summed E-state index contributed by atoms with van der Waals surface area (Å²) in [6.45, 7) is 3.45. The van der Waals surface area contributed by atoms with Crippen molar-refractivity contribution in [3.8, 4) is 0 Å². The Bertz CT molecular complexity index is 1390. The van der Waals surface area contributed by atoms with Crippen LogP contribution < -0.4 is 10.0 Å². The predicted molar refractivity (Wildman–Crippen MR) is 139 cm³/mol. The van der Waals surface area contributed by atoms with Crippen molar-refractivity contribution < 1.29 is 22.4 Å². The van der Waals surface area contributed by atoms with Gasteiger partial charge in [-0.15, -0.1) is 0 Å². The maximum absolute atomic E-state index is 13.9. The molecule has 1 fully saturated rings. The van der Waals surface area contributed by atoms with E-state index < -0.39 is 27.6 Å². The molecule has 1 unspecified atom stereocenters. The zero-order valence-corrected chi connectivity index (χ0v) is 21.9. The van der Waals surface area contributed by atoms with Crippen molar-refractivity contribution >= 4 is 33.1 Å². The van der Waals surface area contributed by atoms with Crippen LogP contribution in [-0.2, 0) is 26.0 Å². The number of nitrogens with one attached hydrogen (secondary N) is 2. The van der Waals surface area contributed by atoms with E-state index in [1.807, 2.05) is 16.9 Å². The number of halogens is 1. The number of anilines is 1. The van der Waals surface area contributed by atoms with Gasteiger partial charge in [-0.2, -0.15) is 0 Å². The molecule has 5 rings (SSSR count). The average molecular weight is 526 g/mol. The minimum atomic E-state index is -3.82. The average Bonchev–Trinajstić information content (AvgIpc) is 3.19. The number of rotatable bonds is 6. The quantitative estimate of drug-likeness (QED) is 0.575. The van der Waals surface area contributed by atoms with Gasteiger partial charge in [-0.1, -0.05) is 19.1 Å². The highest BCUT2D eigenvalue weighted by Gasteiger charge is 2.52. The van der Waals surface area contributed by atoms with Crippen molar-refractivity contribution in [2.24, 2.45) is 17.3 Å². The van der Waals surface area contributed by atoms with Gasteiger partial charge in [0.2, 0.25) is 21.8 Å². The van der Waals surface area contributed by atoms with E-state index in [1.165, 1.54) is 22.9 Å². The minimum absolute atomic E-state index is 0.0135. The number of carbonyl (C=O) groups excluding carboxylic acids is 2. The number of nitrogens with zero attached hydrogens (tertiary/aromatic N) is 1. The third-order valence-electron chi connectivity index (χ3n) is 8.50. The van der Waals surface area contributed by atoms with Crippen LogP contribution in [0, 0.1) is 23.1 Å². The summed E-state index contributed by atoms with van der Waals surface area (Å²) in [7, 11) is -3.82. The van der Waals surface area contributed by atoms with Crippen LogP contribution in [-0.4, -0.2) is 31.0 Å². The topological polar surface area (TPSA) is 105 Å². The minimum Gasteiger partial charge on any atom is -0.326 e. The van der Waals surface area contributed by atoms with Gasteiger partial charge in [0.25, 0.3) is 0 Å². The summed E-state index contributed by atoms with van der Waals surface area (Å²) in [4.78, 5) is 27.4. The SMILES string of the molecule is CC(=O)NS(=O)(=O)CCC(=O)Nc1ccc2c(c1)CC[C@@H]1C2CC[C@]2(C)C(c3cncc(F)c3)=CC[C@@H]12. The number of benzene rings is 1. The lowest BCUT2D eigenvalue weighted by atomic mass is 9.54. The van der Waals surface area contributed by atoms with Gasteiger partial charge in [-0.25, -0.2) is 12.8 Å². The van der Waals surface area contributed by atoms with Gasteiger partial charge in [0, 0.05) is 25.2 Å². The smallest absolute Gasteiger partial charge is 0.235 e. The van der Waals surface area contributed by atoms with Crippen LogP contribution in [0.15, 0.2) is 42.7 Å². The van der Waals surface area contributed by atoms with E-state index in [4.69, 9.17) is 0 Å². The number of amides is 2. The second kappa shape index (κ2) is 9.67. The fourth-order valence-corrected chi connectivity index (χ4v) is 7.95. The maximum Gasteiger partial charge on any atom is 0.235 e. The Kier molecular flexibility index (Phi) is 6.68. The van der Waals surface area contributed by atoms with Crippen LogP contribution in [0.5, 0.6) is 0 Å². The van der Waals surface area contributed by atoms with Gasteiger partial charge in [0.15, 0.2) is 0 Å². The molecule has 1 saturated carbocycles. The first-order valence-electron chi connectivity index (χ1n) is 12.8. The first-order chi connectivity index (χ1) is 17.6. The van der Waals surface area contributed by atoms with Gasteiger partial charge < -0.3 is 5.32 Å². The number of hydrogen-bond donors (Lipinski definition) is 2. The summed E-state index contributed by atoms with van der Waals surface area (Å²) in [5.74, 6) is -0.340. The molecule has 0 aliphatic heterocycles. The Labute approximate surface area is 217 Å². The molecule has 1 aromatic heterocycles. The molecule has 7 nitrogen and oxygen atoms in total. The number of aromatic nitrogens is 1. The van der Waals surface area contributed by atoms with Crippen LogP contribution in [0.4, 0.5) is 10.1 Å². The monoisotopic (exact) mass is 525 g/mol. The molecular weight excluding hydrogens is 493 g/mol. The first kappa shape index (κ1) is 25.6. The Morgan fingerprint density at radius 3 is 2.76 bits per heavy atom. The summed E-state index contributed by atoms with van der Waals surface area (Å²) in [6.07, 6.45) is 10.1. The Hall–Kier alpha value is -3.07. The molecule has 4 atom stereocenters. The third kappa shape index (κ3) is 5.06. The largest absolute Gasteiger partial charge is 0.326 e. The number of aryl methyl sites for hydroxylation is 1. The van der Waals surface area contributed by atoms with Crippen LogP contribution in [0.1, 0.15) is 68.6 Å². The number of fused-ring (bicyclic) bond motifs is 5. The van der Waals surface area contributed by atoms with Crippen molar-refractivity contribution in [1.29, 1.82) is 0 Å². The fourth-order valence-electron chi connectivity index (χ4n) is 6.95. The van der Waals surface area contributed by atoms with Gasteiger partial charge in [0.1, 0.15) is 5.82 Å². The van der Waals surface area contributed by atoms with Crippen LogP contribution >= 0.6 is 0 Å². The standard InChI is InChI=1S/C28H32FN3O4S/c1-17(33)32-37(35,36)12-10-27(34)31-21-4-6-22-18(14-21)3-5-24-23(22)9-11-28(2)25(7-8-26(24)28)19-13-20(29)16-30-15-19/h4,6-7,13-16,23-24,26H,3,5,8-12H2,1-2H3,(H,31,34)(H,32,33)/t23?,24-,26+,28-/m1/s1. The van der Waals surface area contributed by atoms with E-state index in [1.54, 1.807) is 12.3 Å². The van der Waals surface area contributed by atoms with Crippen molar-refractivity contribution in [2.45, 2.75) is 58.3 Å². The number of pyridine rings is 1. The van der Waals surface area contributed by atoms with Gasteiger partial charge >= 0.3 is 0 Å². The van der Waals surface area contributed by atoms with Gasteiger partial charge in [0.05, 0.1) is 11.9 Å². The van der Waals surface area contributed by atoms with E-state index in [0.717, 1.165) is 44.6 Å². The molecule has 0 radical (unpaired) electrons. The Morgan fingerprint density at radius 1 is 1.19 bits per heavy atom. The number of carbonyl (C=O) groups is 2. The summed E-state index contributed by atoms with van der Waals surface area (Å²) in [6, 6.07) is 7.61. The lowest BCUT2D eigenvalue weighted by molar-refractivity contribution is -0.117. The molecule has 0 saturated heterocycles. The molecular formula is C28H32FN3O4S. The van der Waals surface area contributed by atoms with Gasteiger partial charge in [-0.05, 0) is 95.7 Å². The number of sulfonamides is 1. The van der Waals surface area contributed by atoms with Crippen molar-refractivity contribution in [1.82, 2.24) is 9.71 Å². The molecule has 2 aromatic rings. The zero-order chi connectivity index (χ0) is 26.4. The van der Waals surface area contributed by atoms with Crippen LogP contribution in [0.2, 0.25) is 0 Å². The van der Waals surface area contributed by atoms with E-state index in [-0.39, 0.29) is 17.7 Å². The van der Waals surface area contributed by atoms with Crippen molar-refractivity contribution in [2.75, 3.05) is 11.1 Å². The highest BCUT2D eigenvalue weighted by molar-refractivity contribution is 7.90. The lowest BCUT2D eigenvalue weighted by Gasteiger charge is -2.50. The molecule has 196 valence electrons. The number of hydrogen-bond acceptors (Lipinski definition) is 5. The zero-order valence-electron chi connectivity index (χ0n) is 21.1. The van der Waals surface area contributed by atoms with Gasteiger partial charge in [-0.3, -0.25) is 19.3 Å². The van der Waals surface area contributed by atoms with E-state index >= 15 is 0 Å². The molecule has 3 aliphatic carbocycles. The summed E-state index contributed by atoms with van der Waals surface area (Å²) in [5, 5.41) is 2.80. The second-order valence-corrected chi connectivity index (χ2v) is 12.6. The van der Waals surface area contributed by atoms with E-state index in [2.05, 4.69) is 29.4 Å². The molecule has 3 aliphatic rings. The fraction of sp³-hybridized carbons (Fsp3) is 0.464. The summed E-state index contributed by atoms with van der Waals surface area (Å²) in [5.41, 5.74) is 5.36. The molecule has 1 heterocycles. The molecule has 0 spiro atoms. The first-order valence-corrected chi connectivity index (χ1v) is 14.5. The molecule has 2 amide bonds. The second-order valence-electron chi connectivity index (χ2n) is 10.8. The normalized spacial score (nSPS) is 26.4. The van der Waals surface area contributed by atoms with Crippen molar-refractivity contribution in [3.63, 3.8) is 0 Å².